The molecule has 8 heteroatoms. The Bertz CT molecular complexity index is 1240. The van der Waals surface area contributed by atoms with Crippen LogP contribution in [0.5, 0.6) is 11.5 Å². The molecule has 0 amide bonds. The number of benzene rings is 2. The smallest absolute Gasteiger partial charge is 0.342 e. The van der Waals surface area contributed by atoms with Gasteiger partial charge in [0.1, 0.15) is 22.8 Å². The Labute approximate surface area is 215 Å². The summed E-state index contributed by atoms with van der Waals surface area (Å²) in [6.45, 7) is 1.76. The number of phenolic OH excluding ortho intramolecular Hbond substituents is 1. The van der Waals surface area contributed by atoms with Gasteiger partial charge < -0.3 is 19.3 Å². The lowest BCUT2D eigenvalue weighted by molar-refractivity contribution is -0.135. The molecule has 2 aromatic rings. The van der Waals surface area contributed by atoms with Crippen molar-refractivity contribution in [2.45, 2.75) is 63.9 Å². The minimum absolute atomic E-state index is 0.00381. The number of phenols is 1. The summed E-state index contributed by atoms with van der Waals surface area (Å²) in [5, 5.41) is 11.4. The molecule has 0 radical (unpaired) electrons. The SMILES string of the molecule is COC(=O)c1ccc([C@H]2CC(=O)Oc3cc4c(c(O)c32)C(=O)O[C@@H](C)CCCC(=O)CCCC=C4)cc1. The highest BCUT2D eigenvalue weighted by Gasteiger charge is 2.35. The molecule has 37 heavy (non-hydrogen) atoms. The summed E-state index contributed by atoms with van der Waals surface area (Å²) >= 11 is 0. The third-order valence-electron chi connectivity index (χ3n) is 6.71. The van der Waals surface area contributed by atoms with Gasteiger partial charge in [0, 0.05) is 24.3 Å². The number of cyclic esters (lactones) is 1. The predicted molar refractivity (Wildman–Crippen MR) is 135 cm³/mol. The summed E-state index contributed by atoms with van der Waals surface area (Å²) in [6.07, 6.45) is 6.38. The van der Waals surface area contributed by atoms with Crippen molar-refractivity contribution in [3.8, 4) is 11.5 Å². The number of rotatable bonds is 2. The quantitative estimate of drug-likeness (QED) is 0.442. The number of ether oxygens (including phenoxy) is 3. The summed E-state index contributed by atoms with van der Waals surface area (Å²) in [5.74, 6) is -2.20. The minimum Gasteiger partial charge on any atom is -0.507 e. The average molecular weight is 507 g/mol. The summed E-state index contributed by atoms with van der Waals surface area (Å²) in [6, 6.07) is 8.11. The number of ketones is 1. The molecule has 0 unspecified atom stereocenters. The number of allylic oxidation sites excluding steroid dienone is 1. The number of Topliss-reactive ketones (excluding diaryl/α,β-unsaturated/α-hetero) is 1. The molecule has 2 aromatic carbocycles. The molecule has 0 saturated heterocycles. The van der Waals surface area contributed by atoms with Crippen LogP contribution in [0.4, 0.5) is 0 Å². The lowest BCUT2D eigenvalue weighted by atomic mass is 9.83. The van der Waals surface area contributed by atoms with Crippen molar-refractivity contribution >= 4 is 29.8 Å². The molecule has 0 fully saturated rings. The minimum atomic E-state index is -0.687. The number of esters is 3. The molecule has 2 atom stereocenters. The molecular formula is C29H30O8. The Morgan fingerprint density at radius 3 is 2.54 bits per heavy atom. The van der Waals surface area contributed by atoms with Crippen LogP contribution in [0.1, 0.15) is 95.2 Å². The molecule has 8 nitrogen and oxygen atoms in total. The van der Waals surface area contributed by atoms with Crippen molar-refractivity contribution in [1.29, 1.82) is 0 Å². The number of aromatic hydroxyl groups is 1. The van der Waals surface area contributed by atoms with Gasteiger partial charge in [0.2, 0.25) is 0 Å². The maximum absolute atomic E-state index is 13.3. The zero-order valence-corrected chi connectivity index (χ0v) is 21.0. The molecule has 4 rings (SSSR count). The van der Waals surface area contributed by atoms with Crippen LogP contribution in [0.3, 0.4) is 0 Å². The molecule has 1 N–H and O–H groups in total. The van der Waals surface area contributed by atoms with E-state index in [0.717, 1.165) is 0 Å². The molecule has 0 aromatic heterocycles. The monoisotopic (exact) mass is 506 g/mol. The van der Waals surface area contributed by atoms with Gasteiger partial charge in [0.05, 0.1) is 25.2 Å². The van der Waals surface area contributed by atoms with Crippen LogP contribution < -0.4 is 4.74 Å². The molecule has 0 saturated carbocycles. The van der Waals surface area contributed by atoms with Gasteiger partial charge >= 0.3 is 17.9 Å². The molecule has 2 heterocycles. The number of carbonyl (C=O) groups excluding carboxylic acids is 4. The molecule has 2 aliphatic rings. The maximum Gasteiger partial charge on any atom is 0.342 e. The molecule has 194 valence electrons. The van der Waals surface area contributed by atoms with Crippen LogP contribution in [0.15, 0.2) is 36.4 Å². The van der Waals surface area contributed by atoms with Crippen molar-refractivity contribution in [1.82, 2.24) is 0 Å². The fourth-order valence-electron chi connectivity index (χ4n) is 4.77. The third kappa shape index (κ3) is 5.90. The molecule has 0 aliphatic carbocycles. The Balaban J connectivity index is 1.78. The van der Waals surface area contributed by atoms with E-state index in [9.17, 15) is 24.3 Å². The van der Waals surface area contributed by atoms with Gasteiger partial charge in [0.15, 0.2) is 0 Å². The van der Waals surface area contributed by atoms with E-state index in [2.05, 4.69) is 0 Å². The van der Waals surface area contributed by atoms with E-state index in [1.54, 1.807) is 43.3 Å². The van der Waals surface area contributed by atoms with E-state index < -0.39 is 29.9 Å². The Morgan fingerprint density at radius 2 is 1.81 bits per heavy atom. The van der Waals surface area contributed by atoms with E-state index in [4.69, 9.17) is 14.2 Å². The molecule has 0 spiro atoms. The zero-order chi connectivity index (χ0) is 26.5. The van der Waals surface area contributed by atoms with E-state index in [1.165, 1.54) is 7.11 Å². The highest BCUT2D eigenvalue weighted by Crippen LogP contribution is 2.47. The largest absolute Gasteiger partial charge is 0.507 e. The van der Waals surface area contributed by atoms with Gasteiger partial charge in [-0.2, -0.15) is 0 Å². The normalized spacial score (nSPS) is 20.6. The van der Waals surface area contributed by atoms with Gasteiger partial charge in [-0.05, 0) is 61.9 Å². The second kappa shape index (κ2) is 11.4. The number of fused-ring (bicyclic) bond motifs is 2. The maximum atomic E-state index is 13.3. The van der Waals surface area contributed by atoms with Crippen LogP contribution in [0.2, 0.25) is 0 Å². The van der Waals surface area contributed by atoms with Crippen molar-refractivity contribution in [3.63, 3.8) is 0 Å². The molecule has 2 aliphatic heterocycles. The van der Waals surface area contributed by atoms with Gasteiger partial charge in [-0.15, -0.1) is 0 Å². The van der Waals surface area contributed by atoms with Gasteiger partial charge in [0.25, 0.3) is 0 Å². The van der Waals surface area contributed by atoms with Crippen LogP contribution in [-0.4, -0.2) is 42.0 Å². The molecular weight excluding hydrogens is 476 g/mol. The van der Waals surface area contributed by atoms with E-state index >= 15 is 0 Å². The number of carbonyl (C=O) groups is 4. The predicted octanol–water partition coefficient (Wildman–Crippen LogP) is 5.10. The fraction of sp³-hybridized carbons (Fsp3) is 0.379. The van der Waals surface area contributed by atoms with Crippen LogP contribution >= 0.6 is 0 Å². The highest BCUT2D eigenvalue weighted by atomic mass is 16.5. The Kier molecular flexibility index (Phi) is 8.06. The van der Waals surface area contributed by atoms with Crippen LogP contribution in [-0.2, 0) is 19.1 Å². The number of hydrogen-bond donors (Lipinski definition) is 1. The average Bonchev–Trinajstić information content (AvgIpc) is 2.87. The lowest BCUT2D eigenvalue weighted by Gasteiger charge is -2.27. The van der Waals surface area contributed by atoms with Crippen LogP contribution in [0, 0.1) is 0 Å². The van der Waals surface area contributed by atoms with Crippen molar-refractivity contribution in [2.24, 2.45) is 0 Å². The van der Waals surface area contributed by atoms with Gasteiger partial charge in [-0.1, -0.05) is 24.3 Å². The van der Waals surface area contributed by atoms with E-state index in [0.29, 0.717) is 60.8 Å². The lowest BCUT2D eigenvalue weighted by Crippen LogP contribution is -2.23. The third-order valence-corrected chi connectivity index (χ3v) is 6.71. The highest BCUT2D eigenvalue weighted by molar-refractivity contribution is 5.98. The van der Waals surface area contributed by atoms with Crippen molar-refractivity contribution in [2.75, 3.05) is 7.11 Å². The first-order valence-corrected chi connectivity index (χ1v) is 12.5. The first-order chi connectivity index (χ1) is 17.8. The van der Waals surface area contributed by atoms with Gasteiger partial charge in [-0.3, -0.25) is 9.59 Å². The first kappa shape index (κ1) is 26.1. The van der Waals surface area contributed by atoms with Crippen molar-refractivity contribution in [3.05, 3.63) is 64.2 Å². The fourth-order valence-corrected chi connectivity index (χ4v) is 4.77. The standard InChI is InChI=1S/C29H30O8/c1-17-7-6-10-21(30)9-5-3-4-8-20-15-23-26(27(32)25(20)29(34)36-17)22(16-24(31)37-23)18-11-13-19(14-12-18)28(33)35-2/h4,8,11-15,17,22,32H,3,5-7,9-10,16H2,1-2H3/t17-,22+/m0/s1. The summed E-state index contributed by atoms with van der Waals surface area (Å²) in [5.41, 5.74) is 1.70. The van der Waals surface area contributed by atoms with Crippen LogP contribution in [0.25, 0.3) is 6.08 Å². The van der Waals surface area contributed by atoms with Crippen molar-refractivity contribution < 1.29 is 38.5 Å². The Morgan fingerprint density at radius 1 is 1.08 bits per heavy atom. The number of methoxy groups -OCH3 is 1. The first-order valence-electron chi connectivity index (χ1n) is 12.5. The van der Waals surface area contributed by atoms with E-state index in [-0.39, 0.29) is 29.3 Å². The second-order valence-corrected chi connectivity index (χ2v) is 9.39. The Hall–Kier alpha value is -3.94. The topological polar surface area (TPSA) is 116 Å². The zero-order valence-electron chi connectivity index (χ0n) is 21.0. The van der Waals surface area contributed by atoms with E-state index in [1.807, 2.05) is 6.08 Å². The summed E-state index contributed by atoms with van der Waals surface area (Å²) < 4.78 is 15.9. The second-order valence-electron chi connectivity index (χ2n) is 9.39. The molecule has 0 bridgehead atoms. The van der Waals surface area contributed by atoms with Gasteiger partial charge in [-0.25, -0.2) is 9.59 Å². The summed E-state index contributed by atoms with van der Waals surface area (Å²) in [7, 11) is 1.29. The summed E-state index contributed by atoms with van der Waals surface area (Å²) in [4.78, 5) is 49.7. The number of hydrogen-bond acceptors (Lipinski definition) is 8.